The molecule has 0 saturated carbocycles. The predicted octanol–water partition coefficient (Wildman–Crippen LogP) is -0.314. The van der Waals surface area contributed by atoms with E-state index in [-0.39, 0.29) is 6.61 Å². The Bertz CT molecular complexity index is 193. The number of hydrogen-bond acceptors (Lipinski definition) is 5. The highest BCUT2D eigenvalue weighted by atomic mass is 16.5. The van der Waals surface area contributed by atoms with E-state index in [1.54, 1.807) is 6.92 Å². The summed E-state index contributed by atoms with van der Waals surface area (Å²) in [6.45, 7) is 3.49. The van der Waals surface area contributed by atoms with Crippen molar-refractivity contribution in [3.8, 4) is 0 Å². The summed E-state index contributed by atoms with van der Waals surface area (Å²) in [6, 6.07) is -0.955. The number of nitrogens with two attached hydrogens (primary N) is 1. The van der Waals surface area contributed by atoms with Crippen molar-refractivity contribution >= 4 is 11.9 Å². The second-order valence-electron chi connectivity index (χ2n) is 2.59. The van der Waals surface area contributed by atoms with Crippen molar-refractivity contribution in [2.24, 2.45) is 11.7 Å². The molecule has 13 heavy (non-hydrogen) atoms. The van der Waals surface area contributed by atoms with E-state index in [2.05, 4.69) is 4.74 Å². The predicted molar refractivity (Wildman–Crippen MR) is 45.8 cm³/mol. The molecule has 0 aromatic heterocycles. The highest BCUT2D eigenvalue weighted by Crippen LogP contribution is 2.04. The Morgan fingerprint density at radius 2 is 1.92 bits per heavy atom. The van der Waals surface area contributed by atoms with Gasteiger partial charge in [0.15, 0.2) is 0 Å². The fraction of sp³-hybridized carbons (Fsp3) is 0.750. The van der Waals surface area contributed by atoms with E-state index in [0.717, 1.165) is 0 Å². The van der Waals surface area contributed by atoms with Crippen molar-refractivity contribution in [2.45, 2.75) is 19.9 Å². The van der Waals surface area contributed by atoms with Crippen molar-refractivity contribution in [1.82, 2.24) is 0 Å². The molecule has 0 spiro atoms. The number of rotatable bonds is 4. The Morgan fingerprint density at radius 3 is 2.31 bits per heavy atom. The van der Waals surface area contributed by atoms with Crippen molar-refractivity contribution in [3.05, 3.63) is 0 Å². The van der Waals surface area contributed by atoms with Gasteiger partial charge < -0.3 is 15.2 Å². The SMILES string of the molecule is CCOC(=O)[C@@H](C)[C@@H](N)C(=O)OC. The van der Waals surface area contributed by atoms with Crippen LogP contribution in [0.2, 0.25) is 0 Å². The zero-order valence-electron chi connectivity index (χ0n) is 8.07. The largest absolute Gasteiger partial charge is 0.468 e. The van der Waals surface area contributed by atoms with Crippen LogP contribution in [0.5, 0.6) is 0 Å². The van der Waals surface area contributed by atoms with E-state index in [1.165, 1.54) is 14.0 Å². The molecule has 0 aromatic rings. The number of ether oxygens (including phenoxy) is 2. The molecule has 5 heteroatoms. The van der Waals surface area contributed by atoms with Gasteiger partial charge in [0, 0.05) is 0 Å². The summed E-state index contributed by atoms with van der Waals surface area (Å²) >= 11 is 0. The lowest BCUT2D eigenvalue weighted by Gasteiger charge is -2.15. The molecule has 2 atom stereocenters. The van der Waals surface area contributed by atoms with Crippen LogP contribution in [0.15, 0.2) is 0 Å². The van der Waals surface area contributed by atoms with E-state index < -0.39 is 23.9 Å². The van der Waals surface area contributed by atoms with Crippen LogP contribution in [0.4, 0.5) is 0 Å². The molecule has 0 aromatic carbocycles. The van der Waals surface area contributed by atoms with Crippen LogP contribution in [0.3, 0.4) is 0 Å². The number of carbonyl (C=O) groups excluding carboxylic acids is 2. The second kappa shape index (κ2) is 5.53. The van der Waals surface area contributed by atoms with Gasteiger partial charge in [-0.05, 0) is 13.8 Å². The topological polar surface area (TPSA) is 78.6 Å². The fourth-order valence-electron chi connectivity index (χ4n) is 0.761. The van der Waals surface area contributed by atoms with E-state index in [4.69, 9.17) is 10.5 Å². The minimum absolute atomic E-state index is 0.275. The summed E-state index contributed by atoms with van der Waals surface area (Å²) < 4.78 is 9.08. The van der Waals surface area contributed by atoms with Crippen LogP contribution in [0.25, 0.3) is 0 Å². The third-order valence-electron chi connectivity index (χ3n) is 1.67. The first-order valence-corrected chi connectivity index (χ1v) is 4.04. The Labute approximate surface area is 77.2 Å². The van der Waals surface area contributed by atoms with Crippen LogP contribution in [0.1, 0.15) is 13.8 Å². The molecule has 0 aliphatic rings. The van der Waals surface area contributed by atoms with Gasteiger partial charge in [0.25, 0.3) is 0 Å². The summed E-state index contributed by atoms with van der Waals surface area (Å²) in [5.41, 5.74) is 5.43. The molecule has 0 unspecified atom stereocenters. The highest BCUT2D eigenvalue weighted by molar-refractivity contribution is 5.84. The fourth-order valence-corrected chi connectivity index (χ4v) is 0.761. The van der Waals surface area contributed by atoms with Crippen molar-refractivity contribution < 1.29 is 19.1 Å². The van der Waals surface area contributed by atoms with Crippen LogP contribution >= 0.6 is 0 Å². The molecule has 0 fully saturated rings. The van der Waals surface area contributed by atoms with Gasteiger partial charge in [0.05, 0.1) is 19.6 Å². The van der Waals surface area contributed by atoms with Gasteiger partial charge in [-0.2, -0.15) is 0 Å². The summed E-state index contributed by atoms with van der Waals surface area (Å²) in [7, 11) is 1.22. The van der Waals surface area contributed by atoms with Gasteiger partial charge in [-0.1, -0.05) is 0 Å². The average molecular weight is 189 g/mol. The molecule has 0 heterocycles. The first-order chi connectivity index (χ1) is 6.04. The number of hydrogen-bond donors (Lipinski definition) is 1. The molecular formula is C8H15NO4. The van der Waals surface area contributed by atoms with Crippen LogP contribution in [0, 0.1) is 5.92 Å². The molecule has 0 saturated heterocycles. The Kier molecular flexibility index (Phi) is 5.06. The summed E-state index contributed by atoms with van der Waals surface area (Å²) in [6.07, 6.45) is 0. The third-order valence-corrected chi connectivity index (χ3v) is 1.67. The smallest absolute Gasteiger partial charge is 0.323 e. The number of methoxy groups -OCH3 is 1. The van der Waals surface area contributed by atoms with Gasteiger partial charge in [-0.25, -0.2) is 0 Å². The number of esters is 2. The Morgan fingerprint density at radius 1 is 1.38 bits per heavy atom. The molecule has 5 nitrogen and oxygen atoms in total. The highest BCUT2D eigenvalue weighted by Gasteiger charge is 2.28. The maximum Gasteiger partial charge on any atom is 0.323 e. The van der Waals surface area contributed by atoms with Crippen molar-refractivity contribution in [3.63, 3.8) is 0 Å². The molecule has 0 aliphatic carbocycles. The van der Waals surface area contributed by atoms with Crippen molar-refractivity contribution in [2.75, 3.05) is 13.7 Å². The monoisotopic (exact) mass is 189 g/mol. The van der Waals surface area contributed by atoms with Gasteiger partial charge >= 0.3 is 11.9 Å². The first-order valence-electron chi connectivity index (χ1n) is 4.04. The summed E-state index contributed by atoms with van der Waals surface area (Å²) in [4.78, 5) is 22.0. The molecule has 2 N–H and O–H groups in total. The lowest BCUT2D eigenvalue weighted by molar-refractivity contribution is -0.154. The number of carbonyl (C=O) groups is 2. The van der Waals surface area contributed by atoms with Gasteiger partial charge in [-0.3, -0.25) is 9.59 Å². The summed E-state index contributed by atoms with van der Waals surface area (Å²) in [5.74, 6) is -1.77. The van der Waals surface area contributed by atoms with E-state index in [1.807, 2.05) is 0 Å². The minimum Gasteiger partial charge on any atom is -0.468 e. The quantitative estimate of drug-likeness (QED) is 0.613. The lowest BCUT2D eigenvalue weighted by Crippen LogP contribution is -2.41. The van der Waals surface area contributed by atoms with Gasteiger partial charge in [-0.15, -0.1) is 0 Å². The molecule has 0 rings (SSSR count). The average Bonchev–Trinajstić information content (AvgIpc) is 2.14. The van der Waals surface area contributed by atoms with E-state index >= 15 is 0 Å². The summed E-state index contributed by atoms with van der Waals surface area (Å²) in [5, 5.41) is 0. The normalized spacial score (nSPS) is 14.5. The zero-order valence-corrected chi connectivity index (χ0v) is 8.07. The zero-order chi connectivity index (χ0) is 10.4. The van der Waals surface area contributed by atoms with E-state index in [9.17, 15) is 9.59 Å². The van der Waals surface area contributed by atoms with Gasteiger partial charge in [0.2, 0.25) is 0 Å². The molecule has 0 amide bonds. The second-order valence-corrected chi connectivity index (χ2v) is 2.59. The van der Waals surface area contributed by atoms with Crippen LogP contribution in [-0.2, 0) is 19.1 Å². The third kappa shape index (κ3) is 3.42. The molecule has 0 bridgehead atoms. The minimum atomic E-state index is -0.955. The maximum atomic E-state index is 11.1. The van der Waals surface area contributed by atoms with Crippen LogP contribution < -0.4 is 5.73 Å². The maximum absolute atomic E-state index is 11.1. The molecule has 0 radical (unpaired) electrons. The molecule has 76 valence electrons. The Hall–Kier alpha value is -1.10. The lowest BCUT2D eigenvalue weighted by atomic mass is 10.0. The van der Waals surface area contributed by atoms with Crippen LogP contribution in [-0.4, -0.2) is 31.7 Å². The standard InChI is InChI=1S/C8H15NO4/c1-4-13-7(10)5(2)6(9)8(11)12-3/h5-6H,4,9H2,1-3H3/t5-,6+/m0/s1. The van der Waals surface area contributed by atoms with Crippen molar-refractivity contribution in [1.29, 1.82) is 0 Å². The Balaban J connectivity index is 4.16. The molecule has 0 aliphatic heterocycles. The van der Waals surface area contributed by atoms with E-state index in [0.29, 0.717) is 0 Å². The van der Waals surface area contributed by atoms with Gasteiger partial charge in [0.1, 0.15) is 6.04 Å². The molecular weight excluding hydrogens is 174 g/mol. The first kappa shape index (κ1) is 11.9.